The summed E-state index contributed by atoms with van der Waals surface area (Å²) in [5.41, 5.74) is 3.39. The van der Waals surface area contributed by atoms with Crippen LogP contribution >= 0.6 is 0 Å². The van der Waals surface area contributed by atoms with Crippen LogP contribution in [-0.2, 0) is 130 Å². The van der Waals surface area contributed by atoms with Crippen LogP contribution in [0.1, 0.15) is 29.5 Å². The topological polar surface area (TPSA) is 271 Å². The van der Waals surface area contributed by atoms with E-state index in [2.05, 4.69) is 17.2 Å². The zero-order valence-electron chi connectivity index (χ0n) is 57.2. The van der Waals surface area contributed by atoms with Crippen molar-refractivity contribution < 1.29 is 123 Å². The van der Waals surface area contributed by atoms with Gasteiger partial charge in [0, 0.05) is 37.6 Å². The van der Waals surface area contributed by atoms with Crippen molar-refractivity contribution in [3.63, 3.8) is 0 Å². The Morgan fingerprint density at radius 2 is 0.531 bits per heavy atom. The van der Waals surface area contributed by atoms with Crippen molar-refractivity contribution in [2.45, 2.75) is 19.4 Å². The maximum atomic E-state index is 13.3. The quantitative estimate of drug-likeness (QED) is 0.0737. The van der Waals surface area contributed by atoms with Gasteiger partial charge in [-0.15, -0.1) is 0 Å². The first-order chi connectivity index (χ1) is 47.7. The summed E-state index contributed by atoms with van der Waals surface area (Å²) in [7, 11) is 1.64. The first-order valence-corrected chi connectivity index (χ1v) is 33.7. The molecule has 0 spiro atoms. The van der Waals surface area contributed by atoms with Crippen molar-refractivity contribution in [1.82, 2.24) is 5.32 Å². The summed E-state index contributed by atoms with van der Waals surface area (Å²) in [4.78, 5) is 27.6. The number of para-hydroxylation sites is 1. The van der Waals surface area contributed by atoms with Crippen molar-refractivity contribution in [1.29, 1.82) is 0 Å². The second-order valence-electron chi connectivity index (χ2n) is 20.3. The third-order valence-electron chi connectivity index (χ3n) is 12.9. The van der Waals surface area contributed by atoms with E-state index in [0.29, 0.717) is 324 Å². The molecule has 0 saturated carbocycles. The van der Waals surface area contributed by atoms with Gasteiger partial charge in [-0.1, -0.05) is 42.2 Å². The summed E-state index contributed by atoms with van der Waals surface area (Å²) in [6, 6.07) is 15.4. The summed E-state index contributed by atoms with van der Waals surface area (Å²) >= 11 is 0. The molecule has 28 nitrogen and oxygen atoms in total. The minimum Gasteiger partial charge on any atom is -0.382 e. The smallest absolute Gasteiger partial charge is 0.227 e. The van der Waals surface area contributed by atoms with Crippen LogP contribution in [0.25, 0.3) is 0 Å². The van der Waals surface area contributed by atoms with Crippen LogP contribution in [-0.4, -0.2) is 336 Å². The first-order valence-electron chi connectivity index (χ1n) is 33.7. The van der Waals surface area contributed by atoms with E-state index in [1.165, 1.54) is 0 Å². The Morgan fingerprint density at radius 3 is 0.812 bits per heavy atom. The van der Waals surface area contributed by atoms with Gasteiger partial charge in [-0.05, 0) is 23.8 Å². The van der Waals surface area contributed by atoms with Crippen molar-refractivity contribution >= 4 is 17.5 Å². The summed E-state index contributed by atoms with van der Waals surface area (Å²) in [5.74, 6) is 6.07. The maximum absolute atomic E-state index is 13.3. The molecule has 2 aromatic carbocycles. The summed E-state index contributed by atoms with van der Waals surface area (Å²) in [6.07, 6.45) is 0.159. The van der Waals surface area contributed by atoms with Gasteiger partial charge in [-0.25, -0.2) is 0 Å². The minimum absolute atomic E-state index is 0.0784. The summed E-state index contributed by atoms with van der Waals surface area (Å²) in [6.45, 7) is 23.3. The Bertz CT molecular complexity index is 2100. The number of ether oxygens (including phenoxy) is 24. The van der Waals surface area contributed by atoms with Gasteiger partial charge < -0.3 is 124 Å². The first kappa shape index (κ1) is 86.2. The van der Waals surface area contributed by atoms with Gasteiger partial charge in [0.05, 0.1) is 323 Å². The number of hydrogen-bond acceptors (Lipinski definition) is 26. The van der Waals surface area contributed by atoms with E-state index in [1.807, 2.05) is 48.5 Å². The lowest BCUT2D eigenvalue weighted by atomic mass is 10.0. The number of carbonyl (C=O) groups excluding carboxylic acids is 2. The molecule has 0 saturated heterocycles. The average molecular weight is 1380 g/mol. The lowest BCUT2D eigenvalue weighted by molar-refractivity contribution is -0.125. The van der Waals surface area contributed by atoms with Crippen LogP contribution < -0.4 is 10.2 Å². The van der Waals surface area contributed by atoms with Crippen LogP contribution in [0.2, 0.25) is 0 Å². The fourth-order valence-electron chi connectivity index (χ4n) is 8.00. The van der Waals surface area contributed by atoms with Crippen molar-refractivity contribution in [2.75, 3.05) is 329 Å². The molecule has 552 valence electrons. The molecule has 28 heteroatoms. The molecule has 0 aromatic heterocycles. The zero-order chi connectivity index (χ0) is 67.9. The number of nitrogens with zero attached hydrogens (tertiary/aromatic N) is 1. The number of rotatable bonds is 75. The van der Waals surface area contributed by atoms with E-state index in [4.69, 9.17) is 114 Å². The molecule has 96 heavy (non-hydrogen) atoms. The Labute approximate surface area is 569 Å². The highest BCUT2D eigenvalue weighted by Crippen LogP contribution is 2.26. The van der Waals surface area contributed by atoms with E-state index >= 15 is 0 Å². The monoisotopic (exact) mass is 1370 g/mol. The molecule has 0 atom stereocenters. The molecular weight excluding hydrogens is 1260 g/mol. The number of hydrogen-bond donors (Lipinski definition) is 1. The lowest BCUT2D eigenvalue weighted by Gasteiger charge is -2.26. The van der Waals surface area contributed by atoms with E-state index in [1.54, 1.807) is 12.0 Å². The van der Waals surface area contributed by atoms with Gasteiger partial charge in [-0.2, -0.15) is 0 Å². The largest absolute Gasteiger partial charge is 0.382 e. The highest BCUT2D eigenvalue weighted by Gasteiger charge is 2.22. The number of anilines is 1. The predicted molar refractivity (Wildman–Crippen MR) is 353 cm³/mol. The minimum atomic E-state index is -0.207. The van der Waals surface area contributed by atoms with Crippen molar-refractivity contribution in [3.05, 3.63) is 65.2 Å². The molecule has 1 aliphatic heterocycles. The number of benzene rings is 2. The molecule has 0 unspecified atom stereocenters. The second-order valence-corrected chi connectivity index (χ2v) is 20.3. The Kier molecular flexibility index (Phi) is 62.4. The Balaban J connectivity index is 0.869. The number of fused-ring (bicyclic) bond motifs is 2. The number of nitrogens with one attached hydrogen (secondary N) is 1. The molecule has 2 amide bonds. The standard InChI is InChI=1S/C68H114N2O26/c1-73-16-17-75-20-21-77-24-25-79-28-29-81-32-33-83-36-37-85-40-41-87-44-45-89-48-49-91-52-53-93-56-57-95-60-61-96-59-58-94-55-54-92-51-50-90-47-46-88-43-42-86-39-38-84-35-34-82-31-30-80-27-26-78-23-22-76-19-18-74-15-14-69-67(71)12-13-68(72)70-62-65-8-3-2-6-63(65)10-11-64-7-4-5-9-66(64)70/h2-9H,12-62H2,1H3,(H,69,71). The van der Waals surface area contributed by atoms with E-state index in [9.17, 15) is 9.59 Å². The van der Waals surface area contributed by atoms with Crippen LogP contribution in [0.15, 0.2) is 48.5 Å². The normalized spacial score (nSPS) is 12.0. The maximum Gasteiger partial charge on any atom is 0.227 e. The highest BCUT2D eigenvalue weighted by molar-refractivity contribution is 5.96. The molecule has 0 radical (unpaired) electrons. The van der Waals surface area contributed by atoms with Gasteiger partial charge in [0.15, 0.2) is 0 Å². The van der Waals surface area contributed by atoms with E-state index < -0.39 is 0 Å². The van der Waals surface area contributed by atoms with Gasteiger partial charge in [0.1, 0.15) is 0 Å². The van der Waals surface area contributed by atoms with E-state index in [0.717, 1.165) is 22.4 Å². The van der Waals surface area contributed by atoms with Gasteiger partial charge in [0.2, 0.25) is 11.8 Å². The third kappa shape index (κ3) is 54.8. The Morgan fingerprint density at radius 1 is 0.302 bits per heavy atom. The average Bonchev–Trinajstić information content (AvgIpc) is 0.817. The van der Waals surface area contributed by atoms with E-state index in [-0.39, 0.29) is 24.7 Å². The van der Waals surface area contributed by atoms with Crippen molar-refractivity contribution in [3.8, 4) is 11.8 Å². The SMILES string of the molecule is COCCOCCOCCOCCOCCOCCOCCOCCOCCOCCOCCOCCOCCOCCOCCOCCOCCOCCOCCOCCOCCOCCOCCOCCNC(=O)CCC(=O)N1Cc2ccccc2C#Cc2ccccc21. The number of methoxy groups -OCH3 is 1. The van der Waals surface area contributed by atoms with Gasteiger partial charge in [-0.3, -0.25) is 9.59 Å². The highest BCUT2D eigenvalue weighted by atomic mass is 16.6. The van der Waals surface area contributed by atoms with Crippen LogP contribution in [0.5, 0.6) is 0 Å². The second kappa shape index (κ2) is 69.5. The fraction of sp³-hybridized carbons (Fsp3) is 0.765. The molecule has 1 N–H and O–H groups in total. The molecule has 1 aliphatic rings. The molecule has 3 rings (SSSR count). The summed E-state index contributed by atoms with van der Waals surface area (Å²) < 4.78 is 132. The predicted octanol–water partition coefficient (Wildman–Crippen LogP) is 2.86. The van der Waals surface area contributed by atoms with Crippen LogP contribution in [0.3, 0.4) is 0 Å². The van der Waals surface area contributed by atoms with Gasteiger partial charge >= 0.3 is 0 Å². The number of carbonyl (C=O) groups is 2. The number of amides is 2. The van der Waals surface area contributed by atoms with Crippen LogP contribution in [0.4, 0.5) is 5.69 Å². The zero-order valence-corrected chi connectivity index (χ0v) is 57.2. The summed E-state index contributed by atoms with van der Waals surface area (Å²) in [5, 5.41) is 2.82. The van der Waals surface area contributed by atoms with Crippen LogP contribution in [0, 0.1) is 11.8 Å². The van der Waals surface area contributed by atoms with Crippen molar-refractivity contribution in [2.24, 2.45) is 0 Å². The van der Waals surface area contributed by atoms with Gasteiger partial charge in [0.25, 0.3) is 0 Å². The Hall–Kier alpha value is -4.02. The molecule has 1 heterocycles. The molecular formula is C68H114N2O26. The lowest BCUT2D eigenvalue weighted by Crippen LogP contribution is -2.34. The molecule has 0 bridgehead atoms. The molecule has 0 aliphatic carbocycles. The third-order valence-corrected chi connectivity index (χ3v) is 12.9. The molecule has 0 fully saturated rings. The molecule has 2 aromatic rings. The fourth-order valence-corrected chi connectivity index (χ4v) is 8.00.